The number of halogens is 5. The van der Waals surface area contributed by atoms with Gasteiger partial charge < -0.3 is 15.6 Å². The molecule has 3 N–H and O–H groups in total. The fourth-order valence-electron chi connectivity index (χ4n) is 1.75. The van der Waals surface area contributed by atoms with E-state index in [2.05, 4.69) is 9.72 Å². The van der Waals surface area contributed by atoms with Gasteiger partial charge in [0.15, 0.2) is 11.5 Å². The molecule has 0 aliphatic rings. The number of pyridine rings is 1. The Balaban J connectivity index is 2.60. The molecule has 0 aliphatic carbocycles. The number of nitrogens with two attached hydrogens (primary N) is 1. The van der Waals surface area contributed by atoms with Crippen LogP contribution in [0.15, 0.2) is 18.2 Å². The number of rotatable bonds is 4. The molecule has 0 aliphatic heterocycles. The topological polar surface area (TPSA) is 85.4 Å². The summed E-state index contributed by atoms with van der Waals surface area (Å²) < 4.78 is 56.2. The minimum absolute atomic E-state index is 0.491. The highest BCUT2D eigenvalue weighted by atomic mass is 35.5. The number of ether oxygens (including phenoxy) is 1. The van der Waals surface area contributed by atoms with E-state index in [-0.39, 0.29) is 0 Å². The van der Waals surface area contributed by atoms with E-state index < -0.39 is 57.6 Å². The number of nitrogen functional groups attached to an aromatic ring is 1. The Hall–Kier alpha value is -2.55. The van der Waals surface area contributed by atoms with Gasteiger partial charge in [0.1, 0.15) is 17.3 Å². The summed E-state index contributed by atoms with van der Waals surface area (Å²) in [5.74, 6) is -4.49. The van der Waals surface area contributed by atoms with Crippen molar-refractivity contribution in [3.8, 4) is 17.0 Å². The molecule has 0 spiro atoms. The predicted octanol–water partition coefficient (Wildman–Crippen LogP) is 3.56. The second kappa shape index (κ2) is 6.29. The molecule has 2 rings (SSSR count). The summed E-state index contributed by atoms with van der Waals surface area (Å²) in [5, 5.41) is 8.31. The second-order valence-electron chi connectivity index (χ2n) is 4.18. The fraction of sp³-hybridized carbons (Fsp3) is 0.0769. The summed E-state index contributed by atoms with van der Waals surface area (Å²) in [6.07, 6.45) is 0. The van der Waals surface area contributed by atoms with Crippen molar-refractivity contribution < 1.29 is 32.2 Å². The van der Waals surface area contributed by atoms with Crippen molar-refractivity contribution in [2.24, 2.45) is 0 Å². The molecule has 0 unspecified atom stereocenters. The van der Waals surface area contributed by atoms with E-state index in [4.69, 9.17) is 22.4 Å². The van der Waals surface area contributed by atoms with Crippen molar-refractivity contribution in [1.29, 1.82) is 0 Å². The highest BCUT2D eigenvalue weighted by molar-refractivity contribution is 6.35. The number of anilines is 1. The van der Waals surface area contributed by atoms with Gasteiger partial charge in [0.2, 0.25) is 0 Å². The molecule has 10 heteroatoms. The number of benzene rings is 1. The molecule has 1 aromatic heterocycles. The molecule has 0 bridgehead atoms. The molecular formula is C13H7ClF4N2O3. The lowest BCUT2D eigenvalue weighted by molar-refractivity contribution is -0.0499. The third-order valence-electron chi connectivity index (χ3n) is 2.74. The lowest BCUT2D eigenvalue weighted by Crippen LogP contribution is -2.09. The van der Waals surface area contributed by atoms with Crippen LogP contribution >= 0.6 is 11.6 Å². The first-order valence-corrected chi connectivity index (χ1v) is 6.22. The number of aromatic carboxylic acids is 1. The number of carboxylic acid groups (broad SMARTS) is 1. The van der Waals surface area contributed by atoms with Crippen LogP contribution in [0, 0.1) is 11.6 Å². The minimum Gasteiger partial charge on any atom is -0.476 e. The van der Waals surface area contributed by atoms with Gasteiger partial charge in [-0.05, 0) is 12.1 Å². The van der Waals surface area contributed by atoms with Gasteiger partial charge in [-0.3, -0.25) is 0 Å². The quantitative estimate of drug-likeness (QED) is 0.823. The van der Waals surface area contributed by atoms with Crippen LogP contribution in [0.1, 0.15) is 10.5 Å². The number of aromatic nitrogens is 1. The molecule has 2 aromatic rings. The SMILES string of the molecule is Nc1c(F)c(-c2ccc(OC(F)F)cc2F)nc(C(=O)O)c1Cl. The minimum atomic E-state index is -3.17. The Bertz CT molecular complexity index is 786. The molecule has 0 saturated carbocycles. The third kappa shape index (κ3) is 3.29. The van der Waals surface area contributed by atoms with E-state index in [0.29, 0.717) is 6.07 Å². The summed E-state index contributed by atoms with van der Waals surface area (Å²) in [6.45, 7) is -3.17. The van der Waals surface area contributed by atoms with Crippen molar-refractivity contribution in [2.45, 2.75) is 6.61 Å². The van der Waals surface area contributed by atoms with Crippen molar-refractivity contribution in [1.82, 2.24) is 4.98 Å². The average molecular weight is 351 g/mol. The lowest BCUT2D eigenvalue weighted by atomic mass is 10.1. The van der Waals surface area contributed by atoms with Crippen LogP contribution in [0.2, 0.25) is 5.02 Å². The number of hydrogen-bond acceptors (Lipinski definition) is 4. The van der Waals surface area contributed by atoms with Gasteiger partial charge in [0.25, 0.3) is 0 Å². The lowest BCUT2D eigenvalue weighted by Gasteiger charge is -2.11. The molecule has 5 nitrogen and oxygen atoms in total. The smallest absolute Gasteiger partial charge is 0.387 e. The highest BCUT2D eigenvalue weighted by Gasteiger charge is 2.23. The van der Waals surface area contributed by atoms with Gasteiger partial charge in [-0.25, -0.2) is 18.6 Å². The summed E-state index contributed by atoms with van der Waals surface area (Å²) in [7, 11) is 0. The molecule has 1 aromatic carbocycles. The molecule has 122 valence electrons. The van der Waals surface area contributed by atoms with E-state index >= 15 is 0 Å². The maximum Gasteiger partial charge on any atom is 0.387 e. The Labute approximate surface area is 131 Å². The van der Waals surface area contributed by atoms with Gasteiger partial charge in [0.05, 0.1) is 10.7 Å². The normalized spacial score (nSPS) is 10.9. The molecule has 23 heavy (non-hydrogen) atoms. The largest absolute Gasteiger partial charge is 0.476 e. The molecule has 0 fully saturated rings. The third-order valence-corrected chi connectivity index (χ3v) is 3.12. The molecule has 0 atom stereocenters. The first kappa shape index (κ1) is 16.8. The first-order chi connectivity index (χ1) is 10.7. The summed E-state index contributed by atoms with van der Waals surface area (Å²) in [6, 6.07) is 2.42. The number of carboxylic acids is 1. The van der Waals surface area contributed by atoms with E-state index in [9.17, 15) is 22.4 Å². The van der Waals surface area contributed by atoms with Crippen LogP contribution in [0.25, 0.3) is 11.3 Å². The van der Waals surface area contributed by atoms with E-state index in [1.807, 2.05) is 0 Å². The maximum atomic E-state index is 14.1. The summed E-state index contributed by atoms with van der Waals surface area (Å²) in [4.78, 5) is 14.4. The summed E-state index contributed by atoms with van der Waals surface area (Å²) in [5.41, 5.74) is 2.65. The Kier molecular flexibility index (Phi) is 4.60. The zero-order valence-corrected chi connectivity index (χ0v) is 11.7. The zero-order valence-electron chi connectivity index (χ0n) is 11.0. The van der Waals surface area contributed by atoms with Crippen LogP contribution in [0.3, 0.4) is 0 Å². The van der Waals surface area contributed by atoms with Crippen molar-refractivity contribution in [3.05, 3.63) is 40.6 Å². The van der Waals surface area contributed by atoms with Gasteiger partial charge >= 0.3 is 12.6 Å². The average Bonchev–Trinajstić information content (AvgIpc) is 2.45. The van der Waals surface area contributed by atoms with Gasteiger partial charge in [-0.1, -0.05) is 11.6 Å². The Morgan fingerprint density at radius 3 is 2.52 bits per heavy atom. The first-order valence-electron chi connectivity index (χ1n) is 5.84. The highest BCUT2D eigenvalue weighted by Crippen LogP contribution is 2.34. The molecule has 0 radical (unpaired) electrons. The molecular weight excluding hydrogens is 344 g/mol. The second-order valence-corrected chi connectivity index (χ2v) is 4.55. The molecule has 0 saturated heterocycles. The van der Waals surface area contributed by atoms with Crippen LogP contribution in [0.4, 0.5) is 23.2 Å². The van der Waals surface area contributed by atoms with Gasteiger partial charge in [-0.2, -0.15) is 8.78 Å². The van der Waals surface area contributed by atoms with E-state index in [1.54, 1.807) is 0 Å². The number of nitrogens with zero attached hydrogens (tertiary/aromatic N) is 1. The fourth-order valence-corrected chi connectivity index (χ4v) is 1.95. The van der Waals surface area contributed by atoms with E-state index in [1.165, 1.54) is 0 Å². The Morgan fingerprint density at radius 2 is 2.00 bits per heavy atom. The summed E-state index contributed by atoms with van der Waals surface area (Å²) >= 11 is 5.57. The number of alkyl halides is 2. The maximum absolute atomic E-state index is 14.1. The molecule has 0 amide bonds. The zero-order chi connectivity index (χ0) is 17.3. The standard InChI is InChI=1S/C13H7ClF4N2O3/c14-7-9(19)8(16)10(20-11(7)12(21)22)5-2-1-4(3-6(5)15)23-13(17)18/h1-3,13H,(H2,19,20)(H,21,22). The van der Waals surface area contributed by atoms with Gasteiger partial charge in [0, 0.05) is 11.6 Å². The van der Waals surface area contributed by atoms with Crippen LogP contribution < -0.4 is 10.5 Å². The number of carbonyl (C=O) groups is 1. The van der Waals surface area contributed by atoms with Crippen LogP contribution in [-0.4, -0.2) is 22.7 Å². The molecule has 1 heterocycles. The number of hydrogen-bond donors (Lipinski definition) is 2. The van der Waals surface area contributed by atoms with Crippen LogP contribution in [-0.2, 0) is 0 Å². The van der Waals surface area contributed by atoms with Crippen LogP contribution in [0.5, 0.6) is 5.75 Å². The predicted molar refractivity (Wildman–Crippen MR) is 72.6 cm³/mol. The van der Waals surface area contributed by atoms with Crippen molar-refractivity contribution in [2.75, 3.05) is 5.73 Å². The van der Waals surface area contributed by atoms with Gasteiger partial charge in [-0.15, -0.1) is 0 Å². The van der Waals surface area contributed by atoms with Crippen molar-refractivity contribution in [3.63, 3.8) is 0 Å². The Morgan fingerprint density at radius 1 is 1.35 bits per heavy atom. The monoisotopic (exact) mass is 350 g/mol. The van der Waals surface area contributed by atoms with E-state index in [0.717, 1.165) is 12.1 Å². The van der Waals surface area contributed by atoms with Crippen molar-refractivity contribution >= 4 is 23.3 Å².